The van der Waals surface area contributed by atoms with E-state index in [9.17, 15) is 20.1 Å². The van der Waals surface area contributed by atoms with Crippen molar-refractivity contribution in [3.63, 3.8) is 0 Å². The van der Waals surface area contributed by atoms with Gasteiger partial charge in [0.25, 0.3) is 0 Å². The van der Waals surface area contributed by atoms with Crippen molar-refractivity contribution in [3.8, 4) is 28.7 Å². The van der Waals surface area contributed by atoms with Gasteiger partial charge in [0.15, 0.2) is 17.3 Å². The van der Waals surface area contributed by atoms with Gasteiger partial charge in [0, 0.05) is 6.07 Å². The summed E-state index contributed by atoms with van der Waals surface area (Å²) < 4.78 is 11.1. The first-order valence-electron chi connectivity index (χ1n) is 10.7. The van der Waals surface area contributed by atoms with Gasteiger partial charge in [-0.25, -0.2) is 0 Å². The second-order valence-corrected chi connectivity index (χ2v) is 8.39. The maximum Gasteiger partial charge on any atom is 0.174 e. The maximum absolute atomic E-state index is 12.9. The fraction of sp³-hybridized carbons (Fsp3) is 0.346. The van der Waals surface area contributed by atoms with Crippen molar-refractivity contribution in [2.75, 3.05) is 7.11 Å². The molecule has 1 heterocycles. The summed E-state index contributed by atoms with van der Waals surface area (Å²) in [6, 6.07) is 6.09. The number of aromatic hydroxyl groups is 3. The first-order valence-corrected chi connectivity index (χ1v) is 10.7. The molecule has 0 unspecified atom stereocenters. The standard InChI is InChI=1S/C26H30O6/c1-15(2)6-5-7-16(3)8-10-18-20(28)13-24-25(26(18)30)21(29)14-22(32-24)17-9-11-19(27)23(12-17)31-4/h6,8-13,16,22,27-28,30H,5,7,14H2,1-4H3/b10-8+/t16-,22+/m1/s1. The lowest BCUT2D eigenvalue weighted by Crippen LogP contribution is -2.20. The Balaban J connectivity index is 1.85. The topological polar surface area (TPSA) is 96.2 Å². The van der Waals surface area contributed by atoms with E-state index in [-0.39, 0.29) is 58.0 Å². The van der Waals surface area contributed by atoms with E-state index in [1.165, 1.54) is 24.8 Å². The molecule has 0 saturated heterocycles. The van der Waals surface area contributed by atoms with Crippen LogP contribution >= 0.6 is 0 Å². The molecule has 170 valence electrons. The zero-order valence-corrected chi connectivity index (χ0v) is 18.9. The second kappa shape index (κ2) is 9.81. The highest BCUT2D eigenvalue weighted by atomic mass is 16.5. The third kappa shape index (κ3) is 5.07. The Morgan fingerprint density at radius 1 is 1.22 bits per heavy atom. The van der Waals surface area contributed by atoms with E-state index in [4.69, 9.17) is 9.47 Å². The van der Waals surface area contributed by atoms with Crippen molar-refractivity contribution in [1.29, 1.82) is 0 Å². The molecule has 0 spiro atoms. The van der Waals surface area contributed by atoms with E-state index < -0.39 is 6.10 Å². The number of phenols is 3. The lowest BCUT2D eigenvalue weighted by atomic mass is 9.93. The van der Waals surface area contributed by atoms with Gasteiger partial charge in [0.05, 0.1) is 19.1 Å². The molecule has 3 rings (SSSR count). The molecule has 2 atom stereocenters. The predicted octanol–water partition coefficient (Wildman–Crippen LogP) is 5.91. The van der Waals surface area contributed by atoms with Crippen LogP contribution in [0.5, 0.6) is 28.7 Å². The van der Waals surface area contributed by atoms with Gasteiger partial charge in [0.2, 0.25) is 0 Å². The highest BCUT2D eigenvalue weighted by Crippen LogP contribution is 2.45. The molecule has 0 bridgehead atoms. The summed E-state index contributed by atoms with van der Waals surface area (Å²) in [6.45, 7) is 6.18. The van der Waals surface area contributed by atoms with Crippen LogP contribution < -0.4 is 9.47 Å². The van der Waals surface area contributed by atoms with Crippen molar-refractivity contribution in [3.05, 3.63) is 58.7 Å². The molecule has 2 aromatic rings. The number of carbonyl (C=O) groups is 1. The molecule has 6 heteroatoms. The van der Waals surface area contributed by atoms with E-state index in [0.29, 0.717) is 5.56 Å². The van der Waals surface area contributed by atoms with Crippen molar-refractivity contribution < 1.29 is 29.6 Å². The van der Waals surface area contributed by atoms with Gasteiger partial charge < -0.3 is 24.8 Å². The van der Waals surface area contributed by atoms with Gasteiger partial charge in [-0.15, -0.1) is 0 Å². The molecule has 0 aromatic heterocycles. The van der Waals surface area contributed by atoms with Crippen LogP contribution in [0.1, 0.15) is 67.6 Å². The molecule has 32 heavy (non-hydrogen) atoms. The Bertz CT molecular complexity index is 1060. The smallest absolute Gasteiger partial charge is 0.174 e. The third-order valence-electron chi connectivity index (χ3n) is 5.54. The summed E-state index contributed by atoms with van der Waals surface area (Å²) in [7, 11) is 1.44. The van der Waals surface area contributed by atoms with Gasteiger partial charge in [-0.2, -0.15) is 0 Å². The molecule has 0 aliphatic carbocycles. The quantitative estimate of drug-likeness (QED) is 0.465. The molecule has 2 aromatic carbocycles. The Morgan fingerprint density at radius 2 is 1.97 bits per heavy atom. The molecule has 1 aliphatic rings. The molecule has 3 N–H and O–H groups in total. The number of phenolic OH excluding ortho intramolecular Hbond substituents is 3. The normalized spacial score (nSPS) is 16.4. The molecule has 6 nitrogen and oxygen atoms in total. The number of Topliss-reactive ketones (excluding diaryl/α,β-unsaturated/α-hetero) is 1. The Morgan fingerprint density at radius 3 is 2.66 bits per heavy atom. The van der Waals surface area contributed by atoms with E-state index in [0.717, 1.165) is 12.8 Å². The molecule has 0 saturated carbocycles. The number of carbonyl (C=O) groups excluding carboxylic acids is 1. The fourth-order valence-electron chi connectivity index (χ4n) is 3.71. The Hall–Kier alpha value is -3.41. The number of benzene rings is 2. The average Bonchev–Trinajstić information content (AvgIpc) is 2.73. The minimum absolute atomic E-state index is 0.0133. The van der Waals surface area contributed by atoms with Gasteiger partial charge in [-0.05, 0) is 50.3 Å². The molecule has 0 fully saturated rings. The average molecular weight is 439 g/mol. The van der Waals surface area contributed by atoms with Gasteiger partial charge >= 0.3 is 0 Å². The molecule has 0 amide bonds. The number of ketones is 1. The largest absolute Gasteiger partial charge is 0.507 e. The SMILES string of the molecule is COc1cc([C@@H]2CC(=O)c3c(cc(O)c(/C=C/[C@H](C)CCC=C(C)C)c3O)O2)ccc1O. The van der Waals surface area contributed by atoms with Crippen molar-refractivity contribution in [2.24, 2.45) is 5.92 Å². The minimum Gasteiger partial charge on any atom is -0.507 e. The zero-order valence-electron chi connectivity index (χ0n) is 18.9. The van der Waals surface area contributed by atoms with Crippen LogP contribution in [0.3, 0.4) is 0 Å². The first-order chi connectivity index (χ1) is 15.2. The summed E-state index contributed by atoms with van der Waals surface area (Å²) in [4.78, 5) is 12.9. The number of hydrogen-bond acceptors (Lipinski definition) is 6. The van der Waals surface area contributed by atoms with Crippen LogP contribution in [0.4, 0.5) is 0 Å². The van der Waals surface area contributed by atoms with E-state index in [2.05, 4.69) is 26.8 Å². The fourth-order valence-corrected chi connectivity index (χ4v) is 3.71. The van der Waals surface area contributed by atoms with E-state index in [1.807, 2.05) is 6.08 Å². The predicted molar refractivity (Wildman–Crippen MR) is 124 cm³/mol. The molecule has 0 radical (unpaired) electrons. The molecule has 1 aliphatic heterocycles. The van der Waals surface area contributed by atoms with E-state index in [1.54, 1.807) is 18.2 Å². The van der Waals surface area contributed by atoms with Crippen LogP contribution in [-0.2, 0) is 0 Å². The van der Waals surface area contributed by atoms with Gasteiger partial charge in [-0.3, -0.25) is 4.79 Å². The lowest BCUT2D eigenvalue weighted by Gasteiger charge is -2.27. The third-order valence-corrected chi connectivity index (χ3v) is 5.54. The van der Waals surface area contributed by atoms with Gasteiger partial charge in [0.1, 0.15) is 28.9 Å². The lowest BCUT2D eigenvalue weighted by molar-refractivity contribution is 0.0844. The maximum atomic E-state index is 12.9. The second-order valence-electron chi connectivity index (χ2n) is 8.39. The van der Waals surface area contributed by atoms with Crippen molar-refractivity contribution >= 4 is 11.9 Å². The number of hydrogen-bond donors (Lipinski definition) is 3. The van der Waals surface area contributed by atoms with E-state index >= 15 is 0 Å². The highest BCUT2D eigenvalue weighted by molar-refractivity contribution is 6.04. The summed E-state index contributed by atoms with van der Waals surface area (Å²) in [5.41, 5.74) is 2.20. The molecular weight excluding hydrogens is 408 g/mol. The molecular formula is C26H30O6. The summed E-state index contributed by atoms with van der Waals surface area (Å²) in [5, 5.41) is 31.1. The van der Waals surface area contributed by atoms with Gasteiger partial charge in [-0.1, -0.05) is 36.8 Å². The zero-order chi connectivity index (χ0) is 23.4. The summed E-state index contributed by atoms with van der Waals surface area (Å²) in [6.07, 6.45) is 7.03. The summed E-state index contributed by atoms with van der Waals surface area (Å²) in [5.74, 6) is -0.102. The van der Waals surface area contributed by atoms with Crippen LogP contribution in [0.15, 0.2) is 42.0 Å². The first kappa shape index (κ1) is 23.3. The van der Waals surface area contributed by atoms with Crippen molar-refractivity contribution in [1.82, 2.24) is 0 Å². The number of rotatable bonds is 7. The number of allylic oxidation sites excluding steroid dienone is 3. The summed E-state index contributed by atoms with van der Waals surface area (Å²) >= 11 is 0. The Labute approximate surface area is 188 Å². The minimum atomic E-state index is -0.625. The number of methoxy groups -OCH3 is 1. The highest BCUT2D eigenvalue weighted by Gasteiger charge is 2.32. The van der Waals surface area contributed by atoms with Crippen LogP contribution in [0.2, 0.25) is 0 Å². The monoisotopic (exact) mass is 438 g/mol. The Kier molecular flexibility index (Phi) is 7.13. The number of fused-ring (bicyclic) bond motifs is 1. The van der Waals surface area contributed by atoms with Crippen LogP contribution in [-0.4, -0.2) is 28.2 Å². The van der Waals surface area contributed by atoms with Crippen molar-refractivity contribution in [2.45, 2.75) is 46.1 Å². The van der Waals surface area contributed by atoms with Crippen LogP contribution in [0, 0.1) is 5.92 Å². The van der Waals surface area contributed by atoms with Crippen LogP contribution in [0.25, 0.3) is 6.08 Å². The number of ether oxygens (including phenoxy) is 2.